The van der Waals surface area contributed by atoms with Crippen LogP contribution in [0.5, 0.6) is 0 Å². The summed E-state index contributed by atoms with van der Waals surface area (Å²) in [5.74, 6) is 2.29. The molecule has 1 saturated heterocycles. The number of nitrogens with one attached hydrogen (secondary N) is 1. The van der Waals surface area contributed by atoms with Crippen molar-refractivity contribution in [3.63, 3.8) is 0 Å². The van der Waals surface area contributed by atoms with Crippen LogP contribution in [0.15, 0.2) is 16.2 Å². The van der Waals surface area contributed by atoms with E-state index in [2.05, 4.69) is 30.0 Å². The van der Waals surface area contributed by atoms with E-state index in [1.165, 1.54) is 0 Å². The fourth-order valence-corrected chi connectivity index (χ4v) is 3.58. The third-order valence-electron chi connectivity index (χ3n) is 3.99. The average Bonchev–Trinajstić information content (AvgIpc) is 2.88. The number of hydrogen-bond acceptors (Lipinski definition) is 7. The summed E-state index contributed by atoms with van der Waals surface area (Å²) >= 11 is 1.54. The number of anilines is 1. The number of nitrogens with zero attached hydrogens (tertiary/aromatic N) is 6. The van der Waals surface area contributed by atoms with Crippen molar-refractivity contribution in [1.29, 1.82) is 0 Å². The van der Waals surface area contributed by atoms with E-state index >= 15 is 0 Å². The summed E-state index contributed by atoms with van der Waals surface area (Å²) in [6.07, 6.45) is 2.24. The zero-order chi connectivity index (χ0) is 16.4. The molecule has 3 rings (SSSR count). The summed E-state index contributed by atoms with van der Waals surface area (Å²) in [7, 11) is 5.93. The lowest BCUT2D eigenvalue weighted by Crippen LogP contribution is -2.27. The van der Waals surface area contributed by atoms with E-state index in [4.69, 9.17) is 0 Å². The molecule has 0 radical (unpaired) electrons. The molecule has 2 aromatic heterocycles. The summed E-state index contributed by atoms with van der Waals surface area (Å²) in [5.41, 5.74) is 0.951. The maximum atomic E-state index is 4.58. The van der Waals surface area contributed by atoms with Gasteiger partial charge in [-0.05, 0) is 50.7 Å². The van der Waals surface area contributed by atoms with Crippen LogP contribution >= 0.6 is 24.2 Å². The van der Waals surface area contributed by atoms with Gasteiger partial charge in [0, 0.05) is 32.8 Å². The van der Waals surface area contributed by atoms with Crippen LogP contribution in [0.2, 0.25) is 0 Å². The Hall–Kier alpha value is -1.38. The Balaban J connectivity index is 0.00000208. The molecule has 9 heteroatoms. The zero-order valence-corrected chi connectivity index (χ0v) is 16.1. The number of piperidine rings is 1. The van der Waals surface area contributed by atoms with Gasteiger partial charge in [-0.2, -0.15) is 0 Å². The molecule has 132 valence electrons. The lowest BCUT2D eigenvalue weighted by Gasteiger charge is -2.21. The highest BCUT2D eigenvalue weighted by molar-refractivity contribution is 7.99. The van der Waals surface area contributed by atoms with Gasteiger partial charge in [0.1, 0.15) is 10.9 Å². The van der Waals surface area contributed by atoms with Crippen molar-refractivity contribution < 1.29 is 0 Å². The van der Waals surface area contributed by atoms with Crippen molar-refractivity contribution in [3.05, 3.63) is 17.6 Å². The number of halogens is 1. The van der Waals surface area contributed by atoms with Crippen molar-refractivity contribution in [2.75, 3.05) is 32.1 Å². The third kappa shape index (κ3) is 4.17. The Morgan fingerprint density at radius 1 is 1.21 bits per heavy atom. The molecule has 3 heterocycles. The van der Waals surface area contributed by atoms with E-state index < -0.39 is 0 Å². The average molecular weight is 370 g/mol. The minimum atomic E-state index is 0. The monoisotopic (exact) mass is 369 g/mol. The Labute approximate surface area is 153 Å². The van der Waals surface area contributed by atoms with Gasteiger partial charge >= 0.3 is 0 Å². The molecule has 1 N–H and O–H groups in total. The fraction of sp³-hybridized carbons (Fsp3) is 0.600. The Morgan fingerprint density at radius 3 is 2.58 bits per heavy atom. The summed E-state index contributed by atoms with van der Waals surface area (Å²) in [4.78, 5) is 10.9. The summed E-state index contributed by atoms with van der Waals surface area (Å²) in [6.45, 7) is 4.09. The van der Waals surface area contributed by atoms with E-state index in [0.717, 1.165) is 47.6 Å². The Morgan fingerprint density at radius 2 is 1.92 bits per heavy atom. The topological polar surface area (TPSA) is 71.8 Å². The van der Waals surface area contributed by atoms with Crippen molar-refractivity contribution >= 4 is 30.1 Å². The van der Waals surface area contributed by atoms with E-state index in [1.807, 2.05) is 39.0 Å². The number of hydrogen-bond donors (Lipinski definition) is 1. The molecule has 0 atom stereocenters. The van der Waals surface area contributed by atoms with Crippen molar-refractivity contribution in [2.24, 2.45) is 7.05 Å². The molecule has 0 bridgehead atoms. The maximum Gasteiger partial charge on any atom is 0.226 e. The first-order chi connectivity index (χ1) is 11.0. The van der Waals surface area contributed by atoms with Crippen LogP contribution in [-0.2, 0) is 7.05 Å². The SMILES string of the molecule is Cc1cc(Sc2nnc(C3CCNCC3)n2C)nc(N(C)C)n1.Cl. The third-order valence-corrected chi connectivity index (χ3v) is 4.94. The number of aromatic nitrogens is 5. The summed E-state index contributed by atoms with van der Waals surface area (Å²) < 4.78 is 2.10. The number of aryl methyl sites for hydroxylation is 1. The molecule has 0 amide bonds. The molecule has 7 nitrogen and oxygen atoms in total. The first-order valence-corrected chi connectivity index (χ1v) is 8.67. The minimum absolute atomic E-state index is 0. The van der Waals surface area contributed by atoms with E-state index in [0.29, 0.717) is 11.9 Å². The van der Waals surface area contributed by atoms with Crippen LogP contribution < -0.4 is 10.2 Å². The van der Waals surface area contributed by atoms with Crippen molar-refractivity contribution in [3.8, 4) is 0 Å². The quantitative estimate of drug-likeness (QED) is 0.826. The molecule has 0 aromatic carbocycles. The Kier molecular flexibility index (Phi) is 6.42. The standard InChI is InChI=1S/C15H23N7S.ClH/c1-10-9-12(18-14(17-10)21(2)3)23-15-20-19-13(22(15)4)11-5-7-16-8-6-11;/h9,11,16H,5-8H2,1-4H3;1H. The normalized spacial score (nSPS) is 15.2. The molecule has 0 spiro atoms. The van der Waals surface area contributed by atoms with Crippen LogP contribution in [0.25, 0.3) is 0 Å². The van der Waals surface area contributed by atoms with E-state index in [9.17, 15) is 0 Å². The smallest absolute Gasteiger partial charge is 0.226 e. The second-order valence-electron chi connectivity index (χ2n) is 6.07. The molecular weight excluding hydrogens is 346 g/mol. The first kappa shape index (κ1) is 19.0. The molecule has 0 unspecified atom stereocenters. The lowest BCUT2D eigenvalue weighted by molar-refractivity contribution is 0.434. The molecule has 1 fully saturated rings. The maximum absolute atomic E-state index is 4.58. The second-order valence-corrected chi connectivity index (χ2v) is 7.06. The molecule has 1 aliphatic heterocycles. The van der Waals surface area contributed by atoms with Gasteiger partial charge in [-0.3, -0.25) is 0 Å². The predicted molar refractivity (Wildman–Crippen MR) is 98.3 cm³/mol. The van der Waals surface area contributed by atoms with Gasteiger partial charge in [0.15, 0.2) is 5.16 Å². The van der Waals surface area contributed by atoms with Gasteiger partial charge in [0.05, 0.1) is 0 Å². The van der Waals surface area contributed by atoms with Gasteiger partial charge in [0.25, 0.3) is 0 Å². The largest absolute Gasteiger partial charge is 0.347 e. The van der Waals surface area contributed by atoms with Crippen LogP contribution in [0.4, 0.5) is 5.95 Å². The van der Waals surface area contributed by atoms with Gasteiger partial charge in [-0.25, -0.2) is 9.97 Å². The highest BCUT2D eigenvalue weighted by atomic mass is 35.5. The van der Waals surface area contributed by atoms with Crippen LogP contribution in [-0.4, -0.2) is 51.9 Å². The first-order valence-electron chi connectivity index (χ1n) is 7.85. The fourth-order valence-electron chi connectivity index (χ4n) is 2.72. The summed E-state index contributed by atoms with van der Waals surface area (Å²) in [6, 6.07) is 1.98. The lowest BCUT2D eigenvalue weighted by atomic mass is 9.97. The molecule has 0 aliphatic carbocycles. The van der Waals surface area contributed by atoms with Crippen LogP contribution in [0.3, 0.4) is 0 Å². The molecular formula is C15H24ClN7S. The van der Waals surface area contributed by atoms with Crippen molar-refractivity contribution in [1.82, 2.24) is 30.0 Å². The van der Waals surface area contributed by atoms with Crippen LogP contribution in [0, 0.1) is 6.92 Å². The van der Waals surface area contributed by atoms with Crippen molar-refractivity contribution in [2.45, 2.75) is 35.9 Å². The van der Waals surface area contributed by atoms with Crippen LogP contribution in [0.1, 0.15) is 30.3 Å². The molecule has 1 aliphatic rings. The highest BCUT2D eigenvalue weighted by Gasteiger charge is 2.22. The number of rotatable bonds is 4. The van der Waals surface area contributed by atoms with Gasteiger partial charge in [-0.15, -0.1) is 22.6 Å². The van der Waals surface area contributed by atoms with Gasteiger partial charge in [-0.1, -0.05) is 0 Å². The Bertz CT molecular complexity index is 682. The summed E-state index contributed by atoms with van der Waals surface area (Å²) in [5, 5.41) is 14.0. The van der Waals surface area contributed by atoms with E-state index in [-0.39, 0.29) is 12.4 Å². The molecule has 2 aromatic rings. The second kappa shape index (κ2) is 8.13. The zero-order valence-electron chi connectivity index (χ0n) is 14.5. The van der Waals surface area contributed by atoms with Gasteiger partial charge < -0.3 is 14.8 Å². The van der Waals surface area contributed by atoms with E-state index in [1.54, 1.807) is 11.8 Å². The van der Waals surface area contributed by atoms with Gasteiger partial charge in [0.2, 0.25) is 5.95 Å². The minimum Gasteiger partial charge on any atom is -0.347 e. The predicted octanol–water partition coefficient (Wildman–Crippen LogP) is 2.02. The highest BCUT2D eigenvalue weighted by Crippen LogP contribution is 2.30. The molecule has 0 saturated carbocycles. The molecule has 24 heavy (non-hydrogen) atoms.